The maximum Gasteiger partial charge on any atom is 0.306 e. The van der Waals surface area contributed by atoms with Crippen molar-refractivity contribution < 1.29 is 14.6 Å². The number of hydrogen-bond acceptors (Lipinski definition) is 3. The van der Waals surface area contributed by atoms with E-state index in [1.807, 2.05) is 0 Å². The fourth-order valence-electron chi connectivity index (χ4n) is 3.36. The summed E-state index contributed by atoms with van der Waals surface area (Å²) in [6.45, 7) is 1.98. The Morgan fingerprint density at radius 2 is 2.00 bits per heavy atom. The summed E-state index contributed by atoms with van der Waals surface area (Å²) in [6, 6.07) is 1.15. The van der Waals surface area contributed by atoms with Crippen LogP contribution in [0, 0.1) is 5.92 Å². The van der Waals surface area contributed by atoms with Crippen molar-refractivity contribution in [3.05, 3.63) is 0 Å². The topological polar surface area (TPSA) is 49.8 Å². The molecule has 0 aromatic rings. The van der Waals surface area contributed by atoms with Gasteiger partial charge in [-0.1, -0.05) is 0 Å². The average Bonchev–Trinajstić information content (AvgIpc) is 2.78. The number of aliphatic carboxylic acids is 1. The zero-order chi connectivity index (χ0) is 12.3. The number of carboxylic acid groups (broad SMARTS) is 1. The van der Waals surface area contributed by atoms with Crippen LogP contribution in [0.15, 0.2) is 0 Å². The predicted octanol–water partition coefficient (Wildman–Crippen LogP) is 1.74. The van der Waals surface area contributed by atoms with Crippen LogP contribution in [0.5, 0.6) is 0 Å². The second-order valence-electron chi connectivity index (χ2n) is 5.33. The Morgan fingerprint density at radius 3 is 2.59 bits per heavy atom. The van der Waals surface area contributed by atoms with Crippen LogP contribution in [0.1, 0.15) is 38.5 Å². The highest BCUT2D eigenvalue weighted by Gasteiger charge is 2.34. The van der Waals surface area contributed by atoms with Gasteiger partial charge in [0, 0.05) is 19.2 Å². The van der Waals surface area contributed by atoms with Gasteiger partial charge in [-0.3, -0.25) is 9.69 Å². The lowest BCUT2D eigenvalue weighted by Gasteiger charge is -2.36. The molecule has 0 amide bonds. The lowest BCUT2D eigenvalue weighted by molar-refractivity contribution is -0.143. The van der Waals surface area contributed by atoms with Crippen molar-refractivity contribution in [3.8, 4) is 0 Å². The van der Waals surface area contributed by atoms with Crippen LogP contribution in [0.3, 0.4) is 0 Å². The summed E-state index contributed by atoms with van der Waals surface area (Å²) in [6.07, 6.45) is 6.25. The highest BCUT2D eigenvalue weighted by atomic mass is 16.5. The summed E-state index contributed by atoms with van der Waals surface area (Å²) in [5.41, 5.74) is 0. The summed E-state index contributed by atoms with van der Waals surface area (Å²) in [7, 11) is 1.76. The third-order valence-corrected chi connectivity index (χ3v) is 4.30. The van der Waals surface area contributed by atoms with Crippen LogP contribution in [0.2, 0.25) is 0 Å². The van der Waals surface area contributed by atoms with Crippen LogP contribution < -0.4 is 0 Å². The maximum atomic E-state index is 10.9. The van der Waals surface area contributed by atoms with E-state index >= 15 is 0 Å². The number of carboxylic acids is 1. The van der Waals surface area contributed by atoms with Crippen molar-refractivity contribution in [1.82, 2.24) is 4.90 Å². The SMILES string of the molecule is COC[C@@H]1CCCN1C1CCC(C(=O)O)CC1. The minimum absolute atomic E-state index is 0.102. The molecule has 0 radical (unpaired) electrons. The number of likely N-dealkylation sites (tertiary alicyclic amines) is 1. The molecule has 1 atom stereocenters. The Morgan fingerprint density at radius 1 is 1.29 bits per heavy atom. The Bertz CT molecular complexity index is 261. The molecule has 2 rings (SSSR count). The van der Waals surface area contributed by atoms with Gasteiger partial charge < -0.3 is 9.84 Å². The van der Waals surface area contributed by atoms with E-state index in [0.29, 0.717) is 12.1 Å². The summed E-state index contributed by atoms with van der Waals surface area (Å²) < 4.78 is 5.27. The lowest BCUT2D eigenvalue weighted by Crippen LogP contribution is -2.43. The summed E-state index contributed by atoms with van der Waals surface area (Å²) in [5, 5.41) is 8.99. The van der Waals surface area contributed by atoms with Crippen LogP contribution in [-0.4, -0.2) is 48.3 Å². The number of methoxy groups -OCH3 is 1. The van der Waals surface area contributed by atoms with Crippen molar-refractivity contribution in [1.29, 1.82) is 0 Å². The molecule has 0 bridgehead atoms. The summed E-state index contributed by atoms with van der Waals surface area (Å²) in [4.78, 5) is 13.5. The second kappa shape index (κ2) is 5.83. The Hall–Kier alpha value is -0.610. The van der Waals surface area contributed by atoms with Crippen molar-refractivity contribution in [2.24, 2.45) is 5.92 Å². The first kappa shape index (κ1) is 12.8. The lowest BCUT2D eigenvalue weighted by atomic mass is 9.85. The molecule has 0 aromatic heterocycles. The van der Waals surface area contributed by atoms with Gasteiger partial charge in [0.05, 0.1) is 12.5 Å². The third kappa shape index (κ3) is 2.99. The molecule has 1 aliphatic carbocycles. The smallest absolute Gasteiger partial charge is 0.306 e. The quantitative estimate of drug-likeness (QED) is 0.814. The largest absolute Gasteiger partial charge is 0.481 e. The van der Waals surface area contributed by atoms with Crippen LogP contribution in [-0.2, 0) is 9.53 Å². The van der Waals surface area contributed by atoms with Crippen molar-refractivity contribution in [2.45, 2.75) is 50.6 Å². The monoisotopic (exact) mass is 241 g/mol. The van der Waals surface area contributed by atoms with Gasteiger partial charge in [0.1, 0.15) is 0 Å². The summed E-state index contributed by atoms with van der Waals surface area (Å²) in [5.74, 6) is -0.715. The number of nitrogens with zero attached hydrogens (tertiary/aromatic N) is 1. The molecular formula is C13H23NO3. The molecule has 98 valence electrons. The minimum atomic E-state index is -0.613. The van der Waals surface area contributed by atoms with E-state index in [9.17, 15) is 4.79 Å². The van der Waals surface area contributed by atoms with E-state index in [2.05, 4.69) is 4.90 Å². The molecule has 4 heteroatoms. The minimum Gasteiger partial charge on any atom is -0.481 e. The van der Waals surface area contributed by atoms with E-state index in [1.165, 1.54) is 12.8 Å². The van der Waals surface area contributed by atoms with Gasteiger partial charge in [0.15, 0.2) is 0 Å². The molecule has 1 saturated heterocycles. The molecule has 0 aromatic carbocycles. The molecule has 1 heterocycles. The Labute approximate surface area is 103 Å². The van der Waals surface area contributed by atoms with Crippen LogP contribution in [0.4, 0.5) is 0 Å². The molecule has 0 spiro atoms. The van der Waals surface area contributed by atoms with Crippen LogP contribution in [0.25, 0.3) is 0 Å². The first-order valence-electron chi connectivity index (χ1n) is 6.70. The number of rotatable bonds is 4. The standard InChI is InChI=1S/C13H23NO3/c1-17-9-12-3-2-8-14(12)11-6-4-10(5-7-11)13(15)16/h10-12H,2-9H2,1H3,(H,15,16)/t10?,11?,12-/m0/s1. The highest BCUT2D eigenvalue weighted by Crippen LogP contribution is 2.32. The van der Waals surface area contributed by atoms with E-state index in [-0.39, 0.29) is 5.92 Å². The molecule has 4 nitrogen and oxygen atoms in total. The van der Waals surface area contributed by atoms with Crippen molar-refractivity contribution in [2.75, 3.05) is 20.3 Å². The second-order valence-corrected chi connectivity index (χ2v) is 5.33. The van der Waals surface area contributed by atoms with Crippen molar-refractivity contribution >= 4 is 5.97 Å². The molecule has 1 saturated carbocycles. The molecule has 17 heavy (non-hydrogen) atoms. The molecular weight excluding hydrogens is 218 g/mol. The third-order valence-electron chi connectivity index (χ3n) is 4.30. The molecule has 2 aliphatic rings. The zero-order valence-corrected chi connectivity index (χ0v) is 10.6. The highest BCUT2D eigenvalue weighted by molar-refractivity contribution is 5.70. The molecule has 2 fully saturated rings. The molecule has 0 unspecified atom stereocenters. The van der Waals surface area contributed by atoms with E-state index in [4.69, 9.17) is 9.84 Å². The Balaban J connectivity index is 1.85. The molecule has 1 aliphatic heterocycles. The van der Waals surface area contributed by atoms with E-state index in [0.717, 1.165) is 38.8 Å². The Kier molecular flexibility index (Phi) is 4.40. The first-order chi connectivity index (χ1) is 8.22. The normalized spacial score (nSPS) is 35.0. The fraction of sp³-hybridized carbons (Fsp3) is 0.923. The van der Waals surface area contributed by atoms with Crippen LogP contribution >= 0.6 is 0 Å². The van der Waals surface area contributed by atoms with Gasteiger partial charge in [-0.2, -0.15) is 0 Å². The van der Waals surface area contributed by atoms with Crippen molar-refractivity contribution in [3.63, 3.8) is 0 Å². The van der Waals surface area contributed by atoms with Gasteiger partial charge in [0.2, 0.25) is 0 Å². The molecule has 1 N–H and O–H groups in total. The van der Waals surface area contributed by atoms with Gasteiger partial charge in [-0.05, 0) is 45.1 Å². The van der Waals surface area contributed by atoms with E-state index < -0.39 is 5.97 Å². The zero-order valence-electron chi connectivity index (χ0n) is 10.6. The first-order valence-corrected chi connectivity index (χ1v) is 6.70. The number of hydrogen-bond donors (Lipinski definition) is 1. The van der Waals surface area contributed by atoms with Gasteiger partial charge >= 0.3 is 5.97 Å². The summed E-state index contributed by atoms with van der Waals surface area (Å²) >= 11 is 0. The van der Waals surface area contributed by atoms with Gasteiger partial charge in [-0.15, -0.1) is 0 Å². The van der Waals surface area contributed by atoms with Gasteiger partial charge in [0.25, 0.3) is 0 Å². The maximum absolute atomic E-state index is 10.9. The number of ether oxygens (including phenoxy) is 1. The van der Waals surface area contributed by atoms with E-state index in [1.54, 1.807) is 7.11 Å². The predicted molar refractivity (Wildman–Crippen MR) is 65.0 cm³/mol. The number of carbonyl (C=O) groups is 1. The van der Waals surface area contributed by atoms with Gasteiger partial charge in [-0.25, -0.2) is 0 Å². The fourth-order valence-corrected chi connectivity index (χ4v) is 3.36. The average molecular weight is 241 g/mol.